The summed E-state index contributed by atoms with van der Waals surface area (Å²) in [4.78, 5) is 38.8. The molecule has 2 fully saturated rings. The number of carboxylic acid groups (broad SMARTS) is 1. The summed E-state index contributed by atoms with van der Waals surface area (Å²) in [5.74, 6) is -2.74. The van der Waals surface area contributed by atoms with Gasteiger partial charge >= 0.3 is 5.97 Å². The molecule has 4 atom stereocenters. The molecule has 29 heavy (non-hydrogen) atoms. The number of carboxylic acids is 1. The van der Waals surface area contributed by atoms with Crippen molar-refractivity contribution in [1.29, 1.82) is 0 Å². The van der Waals surface area contributed by atoms with Gasteiger partial charge < -0.3 is 15.7 Å². The van der Waals surface area contributed by atoms with Crippen LogP contribution in [0.15, 0.2) is 12.2 Å². The highest BCUT2D eigenvalue weighted by Crippen LogP contribution is 2.48. The number of anilines is 1. The fraction of sp³-hybridized carbons (Fsp3) is 0.591. The molecule has 3 N–H and O–H groups in total. The zero-order chi connectivity index (χ0) is 20.7. The Labute approximate surface area is 174 Å². The molecule has 1 heterocycles. The second kappa shape index (κ2) is 7.94. The van der Waals surface area contributed by atoms with Gasteiger partial charge in [-0.25, -0.2) is 0 Å². The Bertz CT molecular complexity index is 868. The number of amides is 2. The van der Waals surface area contributed by atoms with E-state index >= 15 is 0 Å². The van der Waals surface area contributed by atoms with Crippen molar-refractivity contribution < 1.29 is 19.5 Å². The summed E-state index contributed by atoms with van der Waals surface area (Å²) in [5.41, 5.74) is 1.40. The van der Waals surface area contributed by atoms with Gasteiger partial charge in [0.15, 0.2) is 0 Å². The van der Waals surface area contributed by atoms with Crippen LogP contribution in [-0.2, 0) is 9.59 Å². The monoisotopic (exact) mass is 416 g/mol. The highest BCUT2D eigenvalue weighted by Gasteiger charge is 2.51. The largest absolute Gasteiger partial charge is 0.481 e. The van der Waals surface area contributed by atoms with Gasteiger partial charge in [-0.2, -0.15) is 0 Å². The Balaban J connectivity index is 1.54. The molecule has 1 aromatic rings. The molecule has 3 aliphatic rings. The van der Waals surface area contributed by atoms with Gasteiger partial charge in [0, 0.05) is 10.9 Å². The number of carbonyl (C=O) groups excluding carboxylic acids is 2. The maximum Gasteiger partial charge on any atom is 0.307 e. The quantitative estimate of drug-likeness (QED) is 0.635. The number of aliphatic carboxylic acids is 1. The van der Waals surface area contributed by atoms with Crippen LogP contribution in [0, 0.1) is 37.5 Å². The second-order valence-corrected chi connectivity index (χ2v) is 9.85. The molecule has 0 radical (unpaired) electrons. The predicted octanol–water partition coefficient (Wildman–Crippen LogP) is 3.89. The molecule has 7 heteroatoms. The summed E-state index contributed by atoms with van der Waals surface area (Å²) in [6.45, 7) is 3.84. The highest BCUT2D eigenvalue weighted by atomic mass is 32.1. The van der Waals surface area contributed by atoms with Crippen LogP contribution < -0.4 is 10.6 Å². The number of rotatable bonds is 5. The molecule has 156 valence electrons. The minimum Gasteiger partial charge on any atom is -0.481 e. The fourth-order valence-electron chi connectivity index (χ4n) is 5.20. The van der Waals surface area contributed by atoms with Gasteiger partial charge in [0.05, 0.1) is 17.4 Å². The molecule has 2 bridgehead atoms. The van der Waals surface area contributed by atoms with E-state index in [1.807, 2.05) is 26.0 Å². The van der Waals surface area contributed by atoms with Crippen molar-refractivity contribution in [2.24, 2.45) is 23.7 Å². The van der Waals surface area contributed by atoms with E-state index in [4.69, 9.17) is 0 Å². The van der Waals surface area contributed by atoms with E-state index in [-0.39, 0.29) is 29.7 Å². The number of thiophene rings is 1. The highest BCUT2D eigenvalue weighted by molar-refractivity contribution is 7.16. The maximum atomic E-state index is 13.1. The molecular weight excluding hydrogens is 388 g/mol. The first-order valence-corrected chi connectivity index (χ1v) is 11.3. The first-order chi connectivity index (χ1) is 13.9. The van der Waals surface area contributed by atoms with E-state index in [9.17, 15) is 19.5 Å². The van der Waals surface area contributed by atoms with Gasteiger partial charge in [-0.05, 0) is 50.5 Å². The van der Waals surface area contributed by atoms with Gasteiger partial charge in [-0.3, -0.25) is 14.4 Å². The number of hydrogen-bond donors (Lipinski definition) is 3. The van der Waals surface area contributed by atoms with E-state index < -0.39 is 17.8 Å². The van der Waals surface area contributed by atoms with Crippen molar-refractivity contribution in [2.75, 3.05) is 5.32 Å². The minimum atomic E-state index is -0.921. The molecule has 4 rings (SSSR count). The molecule has 4 unspecified atom stereocenters. The molecule has 0 spiro atoms. The average Bonchev–Trinajstić information content (AvgIpc) is 3.36. The lowest BCUT2D eigenvalue weighted by Gasteiger charge is -2.24. The second-order valence-electron chi connectivity index (χ2n) is 8.62. The van der Waals surface area contributed by atoms with Crippen molar-refractivity contribution in [3.63, 3.8) is 0 Å². The van der Waals surface area contributed by atoms with E-state index in [2.05, 4.69) is 10.6 Å². The summed E-state index contributed by atoms with van der Waals surface area (Å²) in [6, 6.07) is 0.187. The normalized spacial score (nSPS) is 28.5. The maximum absolute atomic E-state index is 13.1. The Morgan fingerprint density at radius 1 is 1.03 bits per heavy atom. The van der Waals surface area contributed by atoms with Gasteiger partial charge in [-0.1, -0.05) is 31.4 Å². The molecule has 1 aromatic heterocycles. The van der Waals surface area contributed by atoms with Crippen molar-refractivity contribution in [3.05, 3.63) is 28.2 Å². The molecule has 2 saturated carbocycles. The van der Waals surface area contributed by atoms with E-state index in [0.29, 0.717) is 17.0 Å². The Kier molecular flexibility index (Phi) is 5.51. The van der Waals surface area contributed by atoms with Crippen molar-refractivity contribution in [2.45, 2.75) is 58.4 Å². The molecule has 0 saturated heterocycles. The van der Waals surface area contributed by atoms with Crippen LogP contribution >= 0.6 is 11.3 Å². The lowest BCUT2D eigenvalue weighted by molar-refractivity contribution is -0.146. The van der Waals surface area contributed by atoms with Crippen LogP contribution in [0.5, 0.6) is 0 Å². The van der Waals surface area contributed by atoms with Gasteiger partial charge in [0.1, 0.15) is 5.00 Å². The fourth-order valence-corrected chi connectivity index (χ4v) is 6.27. The van der Waals surface area contributed by atoms with Crippen molar-refractivity contribution in [1.82, 2.24) is 5.32 Å². The third-order valence-electron chi connectivity index (χ3n) is 6.84. The predicted molar refractivity (Wildman–Crippen MR) is 112 cm³/mol. The van der Waals surface area contributed by atoms with Crippen LogP contribution in [0.4, 0.5) is 5.00 Å². The van der Waals surface area contributed by atoms with Crippen LogP contribution in [0.2, 0.25) is 0 Å². The SMILES string of the molecule is Cc1sc(NC(=O)C2C3C=CC(C3)C2C(=O)O)c(C(=O)NC2CCCCC2)c1C. The van der Waals surface area contributed by atoms with Crippen molar-refractivity contribution >= 4 is 34.1 Å². The summed E-state index contributed by atoms with van der Waals surface area (Å²) in [5, 5.41) is 16.2. The molecular formula is C22H28N2O4S. The van der Waals surface area contributed by atoms with Crippen LogP contribution in [0.25, 0.3) is 0 Å². The standard InChI is InChI=1S/C22H28N2O4S/c1-11-12(2)29-21(16(11)19(25)23-15-6-4-3-5-7-15)24-20(26)17-13-8-9-14(10-13)18(17)22(27)28/h8-9,13-15,17-18H,3-7,10H2,1-2H3,(H,23,25)(H,24,26)(H,27,28). The summed E-state index contributed by atoms with van der Waals surface area (Å²) in [6.07, 6.45) is 10.1. The van der Waals surface area contributed by atoms with Crippen molar-refractivity contribution in [3.8, 4) is 0 Å². The first-order valence-electron chi connectivity index (χ1n) is 10.5. The topological polar surface area (TPSA) is 95.5 Å². The summed E-state index contributed by atoms with van der Waals surface area (Å²) < 4.78 is 0. The summed E-state index contributed by atoms with van der Waals surface area (Å²) >= 11 is 1.39. The zero-order valence-corrected chi connectivity index (χ0v) is 17.7. The van der Waals surface area contributed by atoms with Crippen LogP contribution in [0.1, 0.15) is 59.3 Å². The smallest absolute Gasteiger partial charge is 0.307 e. The molecule has 0 aliphatic heterocycles. The van der Waals surface area contributed by atoms with E-state index in [1.54, 1.807) is 0 Å². The first kappa shape index (κ1) is 20.1. The number of nitrogens with one attached hydrogen (secondary N) is 2. The van der Waals surface area contributed by atoms with Gasteiger partial charge in [-0.15, -0.1) is 11.3 Å². The van der Waals surface area contributed by atoms with E-state index in [1.165, 1.54) is 17.8 Å². The third-order valence-corrected chi connectivity index (χ3v) is 7.96. The lowest BCUT2D eigenvalue weighted by Crippen LogP contribution is -2.38. The zero-order valence-electron chi connectivity index (χ0n) is 16.9. The Hall–Kier alpha value is -2.15. The average molecular weight is 417 g/mol. The van der Waals surface area contributed by atoms with Crippen LogP contribution in [-0.4, -0.2) is 28.9 Å². The Morgan fingerprint density at radius 3 is 2.34 bits per heavy atom. The number of aryl methyl sites for hydroxylation is 1. The number of carbonyl (C=O) groups is 3. The Morgan fingerprint density at radius 2 is 1.69 bits per heavy atom. The number of allylic oxidation sites excluding steroid dienone is 2. The molecule has 3 aliphatic carbocycles. The van der Waals surface area contributed by atoms with Gasteiger partial charge in [0.25, 0.3) is 5.91 Å². The number of hydrogen-bond acceptors (Lipinski definition) is 4. The van der Waals surface area contributed by atoms with Crippen LogP contribution in [0.3, 0.4) is 0 Å². The molecule has 0 aromatic carbocycles. The molecule has 2 amide bonds. The lowest BCUT2D eigenvalue weighted by atomic mass is 9.82. The van der Waals surface area contributed by atoms with E-state index in [0.717, 1.165) is 36.1 Å². The van der Waals surface area contributed by atoms with Gasteiger partial charge in [0.2, 0.25) is 5.91 Å². The molecule has 6 nitrogen and oxygen atoms in total. The third kappa shape index (κ3) is 3.72. The number of fused-ring (bicyclic) bond motifs is 2. The summed E-state index contributed by atoms with van der Waals surface area (Å²) in [7, 11) is 0. The minimum absolute atomic E-state index is 0.0391.